The third-order valence-corrected chi connectivity index (χ3v) is 3.04. The van der Waals surface area contributed by atoms with Crippen LogP contribution < -0.4 is 16.6 Å². The molecule has 0 aromatic heterocycles. The minimum Gasteiger partial charge on any atom is -0.382 e. The first kappa shape index (κ1) is 16.2. The number of nitrogens with one attached hydrogen (secondary N) is 2. The molecule has 5 heteroatoms. The summed E-state index contributed by atoms with van der Waals surface area (Å²) >= 11 is 0. The molecule has 102 valence electrons. The molecule has 17 heavy (non-hydrogen) atoms. The fourth-order valence-corrected chi connectivity index (χ4v) is 1.34. The Kier molecular flexibility index (Phi) is 8.80. The number of rotatable bonds is 8. The lowest BCUT2D eigenvalue weighted by Crippen LogP contribution is -2.52. The molecule has 0 amide bonds. The summed E-state index contributed by atoms with van der Waals surface area (Å²) in [5.41, 5.74) is 2.66. The molecule has 0 radical (unpaired) electrons. The zero-order valence-corrected chi connectivity index (χ0v) is 11.7. The highest BCUT2D eigenvalue weighted by Crippen LogP contribution is 2.12. The summed E-state index contributed by atoms with van der Waals surface area (Å²) in [4.78, 5) is 4.38. The molecule has 0 aromatic rings. The first-order valence-electron chi connectivity index (χ1n) is 6.48. The van der Waals surface area contributed by atoms with E-state index in [1.165, 1.54) is 0 Å². The van der Waals surface area contributed by atoms with Crippen LogP contribution in [0.1, 0.15) is 47.0 Å². The molecule has 0 aliphatic carbocycles. The van der Waals surface area contributed by atoms with Gasteiger partial charge in [0.05, 0.1) is 0 Å². The van der Waals surface area contributed by atoms with Crippen molar-refractivity contribution in [1.82, 2.24) is 10.7 Å². The second kappa shape index (κ2) is 9.24. The molecular weight excluding hydrogens is 216 g/mol. The second-order valence-corrected chi connectivity index (χ2v) is 4.32. The highest BCUT2D eigenvalue weighted by molar-refractivity contribution is 5.79. The van der Waals surface area contributed by atoms with E-state index in [9.17, 15) is 0 Å². The molecule has 0 atom stereocenters. The van der Waals surface area contributed by atoms with Crippen LogP contribution in [0.2, 0.25) is 0 Å². The third-order valence-electron chi connectivity index (χ3n) is 3.04. The summed E-state index contributed by atoms with van der Waals surface area (Å²) < 4.78 is 5.25. The lowest BCUT2D eigenvalue weighted by molar-refractivity contribution is 0.146. The molecule has 0 aliphatic heterocycles. The minimum atomic E-state index is 0.0467. The van der Waals surface area contributed by atoms with Crippen molar-refractivity contribution >= 4 is 5.96 Å². The van der Waals surface area contributed by atoms with Gasteiger partial charge in [-0.1, -0.05) is 13.8 Å². The number of hydrogen-bond acceptors (Lipinski definition) is 3. The summed E-state index contributed by atoms with van der Waals surface area (Å²) in [6.07, 6.45) is 2.97. The Hall–Kier alpha value is -0.810. The van der Waals surface area contributed by atoms with E-state index in [0.717, 1.165) is 39.0 Å². The van der Waals surface area contributed by atoms with Crippen molar-refractivity contribution in [2.45, 2.75) is 52.5 Å². The summed E-state index contributed by atoms with van der Waals surface area (Å²) in [6, 6.07) is 0. The van der Waals surface area contributed by atoms with Crippen molar-refractivity contribution in [2.24, 2.45) is 10.8 Å². The SMILES string of the molecule is CCOCCCN=C(NN)NC(C)(CC)CC. The van der Waals surface area contributed by atoms with Gasteiger partial charge in [-0.2, -0.15) is 0 Å². The largest absolute Gasteiger partial charge is 0.382 e. The monoisotopic (exact) mass is 244 g/mol. The number of nitrogens with zero attached hydrogens (tertiary/aromatic N) is 1. The predicted octanol–water partition coefficient (Wildman–Crippen LogP) is 1.40. The van der Waals surface area contributed by atoms with E-state index in [4.69, 9.17) is 10.6 Å². The summed E-state index contributed by atoms with van der Waals surface area (Å²) in [5.74, 6) is 6.12. The molecular formula is C12H28N4O. The third kappa shape index (κ3) is 7.18. The van der Waals surface area contributed by atoms with Crippen LogP contribution in [-0.2, 0) is 4.74 Å². The van der Waals surface area contributed by atoms with Crippen LogP contribution in [0.3, 0.4) is 0 Å². The molecule has 0 saturated carbocycles. The number of aliphatic imine (C=N–C) groups is 1. The second-order valence-electron chi connectivity index (χ2n) is 4.32. The number of hydrazine groups is 1. The Bertz CT molecular complexity index is 215. The Morgan fingerprint density at radius 3 is 2.41 bits per heavy atom. The van der Waals surface area contributed by atoms with Gasteiger partial charge in [0.15, 0.2) is 0 Å². The van der Waals surface area contributed by atoms with E-state index in [0.29, 0.717) is 5.96 Å². The standard InChI is InChI=1S/C12H28N4O/c1-5-12(4,6-2)15-11(16-13)14-9-8-10-17-7-3/h5-10,13H2,1-4H3,(H2,14,15,16). The molecule has 0 bridgehead atoms. The van der Waals surface area contributed by atoms with Gasteiger partial charge < -0.3 is 10.1 Å². The molecule has 0 rings (SSSR count). The fourth-order valence-electron chi connectivity index (χ4n) is 1.34. The normalized spacial score (nSPS) is 12.6. The van der Waals surface area contributed by atoms with Gasteiger partial charge in [0.25, 0.3) is 0 Å². The van der Waals surface area contributed by atoms with Crippen molar-refractivity contribution < 1.29 is 4.74 Å². The molecule has 0 saturated heterocycles. The Labute approximate surface area is 105 Å². The zero-order chi connectivity index (χ0) is 13.1. The van der Waals surface area contributed by atoms with Crippen LogP contribution in [0.15, 0.2) is 4.99 Å². The maximum atomic E-state index is 5.46. The van der Waals surface area contributed by atoms with Crippen LogP contribution >= 0.6 is 0 Å². The Balaban J connectivity index is 4.08. The summed E-state index contributed by atoms with van der Waals surface area (Å²) in [6.45, 7) is 10.7. The van der Waals surface area contributed by atoms with Crippen LogP contribution in [0.5, 0.6) is 0 Å². The first-order valence-corrected chi connectivity index (χ1v) is 6.48. The van der Waals surface area contributed by atoms with Gasteiger partial charge in [0, 0.05) is 25.3 Å². The number of nitrogens with two attached hydrogens (primary N) is 1. The first-order chi connectivity index (χ1) is 8.11. The molecule has 0 unspecified atom stereocenters. The maximum absolute atomic E-state index is 5.46. The molecule has 0 heterocycles. The van der Waals surface area contributed by atoms with E-state index in [-0.39, 0.29) is 5.54 Å². The van der Waals surface area contributed by atoms with Crippen LogP contribution in [0, 0.1) is 0 Å². The topological polar surface area (TPSA) is 71.7 Å². The number of hydrogen-bond donors (Lipinski definition) is 3. The number of guanidine groups is 1. The van der Waals surface area contributed by atoms with Crippen molar-refractivity contribution in [3.05, 3.63) is 0 Å². The highest BCUT2D eigenvalue weighted by atomic mass is 16.5. The lowest BCUT2D eigenvalue weighted by atomic mass is 9.96. The van der Waals surface area contributed by atoms with Crippen molar-refractivity contribution in [3.63, 3.8) is 0 Å². The number of ether oxygens (including phenoxy) is 1. The average molecular weight is 244 g/mol. The molecule has 0 aliphatic rings. The minimum absolute atomic E-state index is 0.0467. The van der Waals surface area contributed by atoms with Crippen molar-refractivity contribution in [1.29, 1.82) is 0 Å². The van der Waals surface area contributed by atoms with E-state index in [1.54, 1.807) is 0 Å². The van der Waals surface area contributed by atoms with E-state index in [1.807, 2.05) is 6.92 Å². The Morgan fingerprint density at radius 2 is 1.94 bits per heavy atom. The van der Waals surface area contributed by atoms with Gasteiger partial charge in [0.2, 0.25) is 5.96 Å². The summed E-state index contributed by atoms with van der Waals surface area (Å²) in [7, 11) is 0. The van der Waals surface area contributed by atoms with E-state index in [2.05, 4.69) is 36.5 Å². The van der Waals surface area contributed by atoms with Crippen LogP contribution in [0.4, 0.5) is 0 Å². The quantitative estimate of drug-likeness (QED) is 0.198. The van der Waals surface area contributed by atoms with Gasteiger partial charge in [0.1, 0.15) is 0 Å². The van der Waals surface area contributed by atoms with Crippen molar-refractivity contribution in [3.8, 4) is 0 Å². The zero-order valence-electron chi connectivity index (χ0n) is 11.7. The van der Waals surface area contributed by atoms with Gasteiger partial charge >= 0.3 is 0 Å². The van der Waals surface area contributed by atoms with Gasteiger partial charge in [-0.05, 0) is 33.1 Å². The fraction of sp³-hybridized carbons (Fsp3) is 0.917. The molecule has 0 spiro atoms. The molecule has 0 fully saturated rings. The molecule has 0 aromatic carbocycles. The van der Waals surface area contributed by atoms with Crippen LogP contribution in [0.25, 0.3) is 0 Å². The summed E-state index contributed by atoms with van der Waals surface area (Å²) in [5, 5.41) is 3.34. The average Bonchev–Trinajstić information content (AvgIpc) is 2.37. The highest BCUT2D eigenvalue weighted by Gasteiger charge is 2.20. The van der Waals surface area contributed by atoms with Gasteiger partial charge in [-0.15, -0.1) is 0 Å². The smallest absolute Gasteiger partial charge is 0.206 e. The Morgan fingerprint density at radius 1 is 1.29 bits per heavy atom. The van der Waals surface area contributed by atoms with E-state index < -0.39 is 0 Å². The van der Waals surface area contributed by atoms with Gasteiger partial charge in [-0.25, -0.2) is 5.84 Å². The van der Waals surface area contributed by atoms with Crippen molar-refractivity contribution in [2.75, 3.05) is 19.8 Å². The maximum Gasteiger partial charge on any atom is 0.206 e. The van der Waals surface area contributed by atoms with Gasteiger partial charge in [-0.3, -0.25) is 10.4 Å². The lowest BCUT2D eigenvalue weighted by Gasteiger charge is -2.29. The predicted molar refractivity (Wildman–Crippen MR) is 72.9 cm³/mol. The van der Waals surface area contributed by atoms with Crippen LogP contribution in [-0.4, -0.2) is 31.3 Å². The van der Waals surface area contributed by atoms with E-state index >= 15 is 0 Å². The molecule has 4 N–H and O–H groups in total. The molecule has 5 nitrogen and oxygen atoms in total.